The SMILES string of the molecule is CC1CN(C)CCC1NCc1nccn1C. The monoisotopic (exact) mass is 222 g/mol. The van der Waals surface area contributed by atoms with Crippen molar-refractivity contribution >= 4 is 0 Å². The van der Waals surface area contributed by atoms with Crippen molar-refractivity contribution < 1.29 is 0 Å². The van der Waals surface area contributed by atoms with Gasteiger partial charge in [-0.1, -0.05) is 6.92 Å². The van der Waals surface area contributed by atoms with Gasteiger partial charge in [0.05, 0.1) is 6.54 Å². The number of nitrogens with one attached hydrogen (secondary N) is 1. The average Bonchev–Trinajstić information content (AvgIpc) is 2.63. The third-order valence-electron chi connectivity index (χ3n) is 3.55. The standard InChI is InChI=1S/C12H22N4/c1-10-9-15(2)6-4-11(10)14-8-12-13-5-7-16(12)3/h5,7,10-11,14H,4,6,8-9H2,1-3H3. The lowest BCUT2D eigenvalue weighted by Crippen LogP contribution is -2.46. The van der Waals surface area contributed by atoms with Gasteiger partial charge in [-0.15, -0.1) is 0 Å². The number of nitrogens with zero attached hydrogens (tertiary/aromatic N) is 3. The van der Waals surface area contributed by atoms with Gasteiger partial charge in [-0.25, -0.2) is 4.98 Å². The molecule has 0 aliphatic carbocycles. The Bertz CT molecular complexity index is 334. The van der Waals surface area contributed by atoms with Crippen LogP contribution in [0.15, 0.2) is 12.4 Å². The fourth-order valence-electron chi connectivity index (χ4n) is 2.45. The molecule has 0 bridgehead atoms. The number of hydrogen-bond donors (Lipinski definition) is 1. The first-order valence-electron chi connectivity index (χ1n) is 6.05. The smallest absolute Gasteiger partial charge is 0.122 e. The summed E-state index contributed by atoms with van der Waals surface area (Å²) in [4.78, 5) is 6.74. The molecule has 4 heteroatoms. The van der Waals surface area contributed by atoms with Crippen molar-refractivity contribution in [2.75, 3.05) is 20.1 Å². The van der Waals surface area contributed by atoms with Crippen molar-refractivity contribution in [2.24, 2.45) is 13.0 Å². The molecule has 90 valence electrons. The number of imidazole rings is 1. The maximum atomic E-state index is 4.33. The summed E-state index contributed by atoms with van der Waals surface area (Å²) in [6.45, 7) is 5.59. The molecule has 1 N–H and O–H groups in total. The Balaban J connectivity index is 1.84. The zero-order chi connectivity index (χ0) is 11.5. The van der Waals surface area contributed by atoms with Crippen LogP contribution in [0.2, 0.25) is 0 Å². The van der Waals surface area contributed by atoms with E-state index in [0.29, 0.717) is 6.04 Å². The van der Waals surface area contributed by atoms with Crippen molar-refractivity contribution in [2.45, 2.75) is 25.9 Å². The summed E-state index contributed by atoms with van der Waals surface area (Å²) in [6.07, 6.45) is 5.09. The van der Waals surface area contributed by atoms with E-state index < -0.39 is 0 Å². The van der Waals surface area contributed by atoms with E-state index in [1.54, 1.807) is 0 Å². The molecule has 1 aromatic rings. The molecule has 0 spiro atoms. The summed E-state index contributed by atoms with van der Waals surface area (Å²) in [5.74, 6) is 1.84. The summed E-state index contributed by atoms with van der Waals surface area (Å²) in [5.41, 5.74) is 0. The zero-order valence-corrected chi connectivity index (χ0v) is 10.5. The van der Waals surface area contributed by atoms with E-state index >= 15 is 0 Å². The Morgan fingerprint density at radius 1 is 1.50 bits per heavy atom. The Labute approximate surface area is 97.7 Å². The van der Waals surface area contributed by atoms with Gasteiger partial charge < -0.3 is 14.8 Å². The van der Waals surface area contributed by atoms with E-state index in [-0.39, 0.29) is 0 Å². The number of rotatable bonds is 3. The predicted molar refractivity (Wildman–Crippen MR) is 65.1 cm³/mol. The third kappa shape index (κ3) is 2.62. The summed E-state index contributed by atoms with van der Waals surface area (Å²) < 4.78 is 2.08. The minimum atomic E-state index is 0.632. The molecule has 4 nitrogen and oxygen atoms in total. The summed E-state index contributed by atoms with van der Waals surface area (Å²) >= 11 is 0. The number of hydrogen-bond acceptors (Lipinski definition) is 3. The minimum absolute atomic E-state index is 0.632. The van der Waals surface area contributed by atoms with Gasteiger partial charge in [0.15, 0.2) is 0 Å². The lowest BCUT2D eigenvalue weighted by atomic mass is 9.94. The van der Waals surface area contributed by atoms with Gasteiger partial charge in [0.25, 0.3) is 0 Å². The molecular weight excluding hydrogens is 200 g/mol. The van der Waals surface area contributed by atoms with Crippen LogP contribution in [-0.4, -0.2) is 40.6 Å². The highest BCUT2D eigenvalue weighted by molar-refractivity contribution is 4.92. The topological polar surface area (TPSA) is 33.1 Å². The van der Waals surface area contributed by atoms with Crippen LogP contribution in [0.5, 0.6) is 0 Å². The van der Waals surface area contributed by atoms with E-state index in [0.717, 1.165) is 18.3 Å². The largest absolute Gasteiger partial charge is 0.337 e. The van der Waals surface area contributed by atoms with Gasteiger partial charge in [-0.3, -0.25) is 0 Å². The number of likely N-dealkylation sites (tertiary alicyclic amines) is 1. The fraction of sp³-hybridized carbons (Fsp3) is 0.750. The Morgan fingerprint density at radius 3 is 2.94 bits per heavy atom. The lowest BCUT2D eigenvalue weighted by molar-refractivity contribution is 0.173. The molecule has 0 radical (unpaired) electrons. The van der Waals surface area contributed by atoms with Crippen molar-refractivity contribution in [1.29, 1.82) is 0 Å². The van der Waals surface area contributed by atoms with Crippen LogP contribution < -0.4 is 5.32 Å². The summed E-state index contributed by atoms with van der Waals surface area (Å²) in [6, 6.07) is 0.632. The van der Waals surface area contributed by atoms with Crippen LogP contribution in [0.25, 0.3) is 0 Å². The van der Waals surface area contributed by atoms with Crippen LogP contribution in [0.3, 0.4) is 0 Å². The number of aryl methyl sites for hydroxylation is 1. The second-order valence-corrected chi connectivity index (χ2v) is 4.97. The third-order valence-corrected chi connectivity index (χ3v) is 3.55. The number of piperidine rings is 1. The van der Waals surface area contributed by atoms with Crippen LogP contribution in [0.1, 0.15) is 19.2 Å². The van der Waals surface area contributed by atoms with Gasteiger partial charge in [-0.2, -0.15) is 0 Å². The van der Waals surface area contributed by atoms with Crippen molar-refractivity contribution in [3.8, 4) is 0 Å². The molecule has 1 fully saturated rings. The second-order valence-electron chi connectivity index (χ2n) is 4.97. The van der Waals surface area contributed by atoms with Crippen LogP contribution in [-0.2, 0) is 13.6 Å². The van der Waals surface area contributed by atoms with Crippen molar-refractivity contribution in [1.82, 2.24) is 19.8 Å². The highest BCUT2D eigenvalue weighted by Gasteiger charge is 2.23. The Kier molecular flexibility index (Phi) is 3.61. The molecule has 2 unspecified atom stereocenters. The molecule has 1 aliphatic rings. The van der Waals surface area contributed by atoms with E-state index in [4.69, 9.17) is 0 Å². The van der Waals surface area contributed by atoms with Crippen molar-refractivity contribution in [3.63, 3.8) is 0 Å². The van der Waals surface area contributed by atoms with Gasteiger partial charge in [0.1, 0.15) is 5.82 Å². The fourth-order valence-corrected chi connectivity index (χ4v) is 2.45. The maximum Gasteiger partial charge on any atom is 0.122 e. The quantitative estimate of drug-likeness (QED) is 0.823. The molecular formula is C12H22N4. The molecule has 0 saturated carbocycles. The average molecular weight is 222 g/mol. The number of aromatic nitrogens is 2. The van der Waals surface area contributed by atoms with E-state index in [2.05, 4.69) is 33.7 Å². The lowest BCUT2D eigenvalue weighted by Gasteiger charge is -2.35. The molecule has 2 rings (SSSR count). The van der Waals surface area contributed by atoms with E-state index in [9.17, 15) is 0 Å². The molecule has 1 saturated heterocycles. The predicted octanol–water partition coefficient (Wildman–Crippen LogP) is 0.850. The Morgan fingerprint density at radius 2 is 2.31 bits per heavy atom. The summed E-state index contributed by atoms with van der Waals surface area (Å²) in [7, 11) is 4.24. The molecule has 2 heterocycles. The molecule has 16 heavy (non-hydrogen) atoms. The molecule has 0 amide bonds. The summed E-state index contributed by atoms with van der Waals surface area (Å²) in [5, 5.41) is 3.63. The van der Waals surface area contributed by atoms with E-state index in [1.165, 1.54) is 19.5 Å². The first-order chi connectivity index (χ1) is 7.66. The first-order valence-corrected chi connectivity index (χ1v) is 6.05. The van der Waals surface area contributed by atoms with Crippen LogP contribution in [0, 0.1) is 5.92 Å². The second kappa shape index (κ2) is 4.97. The molecule has 0 aromatic carbocycles. The van der Waals surface area contributed by atoms with Gasteiger partial charge in [0.2, 0.25) is 0 Å². The molecule has 2 atom stereocenters. The van der Waals surface area contributed by atoms with Crippen LogP contribution in [0.4, 0.5) is 0 Å². The highest BCUT2D eigenvalue weighted by Crippen LogP contribution is 2.15. The molecule has 1 aromatic heterocycles. The van der Waals surface area contributed by atoms with Crippen molar-refractivity contribution in [3.05, 3.63) is 18.2 Å². The molecule has 1 aliphatic heterocycles. The minimum Gasteiger partial charge on any atom is -0.337 e. The normalized spacial score (nSPS) is 27.2. The highest BCUT2D eigenvalue weighted by atomic mass is 15.1. The van der Waals surface area contributed by atoms with E-state index in [1.807, 2.05) is 19.4 Å². The Hall–Kier alpha value is -0.870. The van der Waals surface area contributed by atoms with Crippen LogP contribution >= 0.6 is 0 Å². The van der Waals surface area contributed by atoms with Gasteiger partial charge >= 0.3 is 0 Å². The maximum absolute atomic E-state index is 4.33. The van der Waals surface area contributed by atoms with Gasteiger partial charge in [-0.05, 0) is 25.9 Å². The van der Waals surface area contributed by atoms with Gasteiger partial charge in [0, 0.05) is 32.0 Å². The first kappa shape index (κ1) is 11.6. The zero-order valence-electron chi connectivity index (χ0n) is 10.5.